The van der Waals surface area contributed by atoms with Crippen molar-refractivity contribution in [2.24, 2.45) is 0 Å². The normalized spacial score (nSPS) is 10.4. The zero-order valence-electron chi connectivity index (χ0n) is 11.0. The molecule has 1 amide bonds. The number of aromatic nitrogens is 2. The van der Waals surface area contributed by atoms with Crippen LogP contribution in [0.3, 0.4) is 0 Å². The third kappa shape index (κ3) is 4.36. The van der Waals surface area contributed by atoms with Crippen molar-refractivity contribution >= 4 is 17.5 Å². The summed E-state index contributed by atoms with van der Waals surface area (Å²) in [5.41, 5.74) is 0.478. The number of hydrogen-bond donors (Lipinski definition) is 1. The van der Waals surface area contributed by atoms with Crippen LogP contribution in [0.25, 0.3) is 0 Å². The third-order valence-corrected chi connectivity index (χ3v) is 3.00. The van der Waals surface area contributed by atoms with Crippen molar-refractivity contribution in [3.05, 3.63) is 53.3 Å². The largest absolute Gasteiger partial charge is 0.378 e. The number of carbonyl (C=O) groups is 1. The van der Waals surface area contributed by atoms with E-state index >= 15 is 0 Å². The van der Waals surface area contributed by atoms with Crippen LogP contribution in [0.2, 0.25) is 5.02 Å². The molecule has 0 fully saturated rings. The molecule has 0 unspecified atom stereocenters. The minimum absolute atomic E-state index is 0.189. The molecule has 0 atom stereocenters. The van der Waals surface area contributed by atoms with E-state index in [2.05, 4.69) is 10.4 Å². The summed E-state index contributed by atoms with van der Waals surface area (Å²) in [7, 11) is 0. The third-order valence-electron chi connectivity index (χ3n) is 2.67. The van der Waals surface area contributed by atoms with Crippen LogP contribution in [0.5, 0.6) is 0 Å². The minimum atomic E-state index is -0.189. The number of hydrogen-bond acceptors (Lipinski definition) is 3. The lowest BCUT2D eigenvalue weighted by Gasteiger charge is -2.07. The van der Waals surface area contributed by atoms with Gasteiger partial charge in [0.15, 0.2) is 0 Å². The molecule has 0 spiro atoms. The van der Waals surface area contributed by atoms with Crippen LogP contribution in [-0.4, -0.2) is 35.4 Å². The van der Waals surface area contributed by atoms with Crippen LogP contribution < -0.4 is 5.32 Å². The van der Waals surface area contributed by atoms with E-state index in [1.54, 1.807) is 35.1 Å². The summed E-state index contributed by atoms with van der Waals surface area (Å²) in [6, 6.07) is 8.82. The van der Waals surface area contributed by atoms with Gasteiger partial charge in [0.05, 0.1) is 30.3 Å². The Labute approximate surface area is 122 Å². The molecule has 1 aromatic heterocycles. The van der Waals surface area contributed by atoms with Crippen LogP contribution in [0, 0.1) is 0 Å². The predicted molar refractivity (Wildman–Crippen MR) is 76.8 cm³/mol. The number of amides is 1. The number of benzene rings is 1. The topological polar surface area (TPSA) is 56.1 Å². The maximum absolute atomic E-state index is 11.8. The average Bonchev–Trinajstić information content (AvgIpc) is 2.96. The fourth-order valence-electron chi connectivity index (χ4n) is 1.67. The summed E-state index contributed by atoms with van der Waals surface area (Å²) in [4.78, 5) is 11.8. The maximum atomic E-state index is 11.8. The van der Waals surface area contributed by atoms with Gasteiger partial charge in [0, 0.05) is 18.9 Å². The molecule has 0 aliphatic heterocycles. The molecule has 0 saturated carbocycles. The van der Waals surface area contributed by atoms with E-state index in [4.69, 9.17) is 16.3 Å². The molecular formula is C14H16ClN3O2. The van der Waals surface area contributed by atoms with Gasteiger partial charge < -0.3 is 10.1 Å². The van der Waals surface area contributed by atoms with Gasteiger partial charge in [0.1, 0.15) is 0 Å². The summed E-state index contributed by atoms with van der Waals surface area (Å²) < 4.78 is 7.21. The van der Waals surface area contributed by atoms with E-state index in [9.17, 15) is 4.79 Å². The molecule has 6 heteroatoms. The SMILES string of the molecule is O=C(NCCOCCn1cccn1)c1ccccc1Cl. The van der Waals surface area contributed by atoms with Crippen LogP contribution in [0.4, 0.5) is 0 Å². The van der Waals surface area contributed by atoms with Crippen molar-refractivity contribution in [3.8, 4) is 0 Å². The fraction of sp³-hybridized carbons (Fsp3) is 0.286. The zero-order valence-corrected chi connectivity index (χ0v) is 11.7. The standard InChI is InChI=1S/C14H16ClN3O2/c15-13-5-2-1-4-12(13)14(19)16-7-10-20-11-9-18-8-3-6-17-18/h1-6,8H,7,9-11H2,(H,16,19). The Hall–Kier alpha value is -1.85. The highest BCUT2D eigenvalue weighted by Crippen LogP contribution is 2.14. The Balaban J connectivity index is 1.61. The molecule has 2 rings (SSSR count). The van der Waals surface area contributed by atoms with Crippen LogP contribution in [0.15, 0.2) is 42.7 Å². The minimum Gasteiger partial charge on any atom is -0.378 e. The molecule has 1 aromatic carbocycles. The summed E-state index contributed by atoms with van der Waals surface area (Å²) in [5, 5.41) is 7.28. The first-order valence-corrected chi connectivity index (χ1v) is 6.73. The van der Waals surface area contributed by atoms with Gasteiger partial charge in [-0.15, -0.1) is 0 Å². The first-order valence-electron chi connectivity index (χ1n) is 6.35. The Bertz CT molecular complexity index is 543. The Morgan fingerprint density at radius 1 is 1.30 bits per heavy atom. The highest BCUT2D eigenvalue weighted by Gasteiger charge is 2.08. The molecule has 0 aliphatic carbocycles. The molecule has 0 aliphatic rings. The lowest BCUT2D eigenvalue weighted by Crippen LogP contribution is -2.27. The van der Waals surface area contributed by atoms with Gasteiger partial charge in [-0.1, -0.05) is 23.7 Å². The number of nitrogens with one attached hydrogen (secondary N) is 1. The number of rotatable bonds is 7. The van der Waals surface area contributed by atoms with Gasteiger partial charge in [0.2, 0.25) is 0 Å². The first-order chi connectivity index (χ1) is 9.77. The van der Waals surface area contributed by atoms with Gasteiger partial charge in [-0.25, -0.2) is 0 Å². The Morgan fingerprint density at radius 3 is 2.90 bits per heavy atom. The fourth-order valence-corrected chi connectivity index (χ4v) is 1.89. The molecule has 0 radical (unpaired) electrons. The molecule has 1 heterocycles. The number of ether oxygens (including phenoxy) is 1. The van der Waals surface area contributed by atoms with Gasteiger partial charge in [-0.2, -0.15) is 5.10 Å². The van der Waals surface area contributed by atoms with E-state index in [0.717, 1.165) is 0 Å². The molecule has 20 heavy (non-hydrogen) atoms. The molecule has 106 valence electrons. The molecule has 2 aromatic rings. The maximum Gasteiger partial charge on any atom is 0.252 e. The molecule has 0 bridgehead atoms. The molecular weight excluding hydrogens is 278 g/mol. The Kier molecular flexibility index (Phi) is 5.58. The Morgan fingerprint density at radius 2 is 2.15 bits per heavy atom. The summed E-state index contributed by atoms with van der Waals surface area (Å²) in [5.74, 6) is -0.189. The number of nitrogens with zero attached hydrogens (tertiary/aromatic N) is 2. The zero-order chi connectivity index (χ0) is 14.2. The second kappa shape index (κ2) is 7.67. The lowest BCUT2D eigenvalue weighted by molar-refractivity contribution is 0.0906. The van der Waals surface area contributed by atoms with Crippen LogP contribution in [0.1, 0.15) is 10.4 Å². The van der Waals surface area contributed by atoms with E-state index in [0.29, 0.717) is 36.9 Å². The van der Waals surface area contributed by atoms with Gasteiger partial charge in [0.25, 0.3) is 5.91 Å². The van der Waals surface area contributed by atoms with E-state index in [1.807, 2.05) is 12.3 Å². The molecule has 1 N–H and O–H groups in total. The smallest absolute Gasteiger partial charge is 0.252 e. The van der Waals surface area contributed by atoms with Gasteiger partial charge >= 0.3 is 0 Å². The quantitative estimate of drug-likeness (QED) is 0.794. The summed E-state index contributed by atoms with van der Waals surface area (Å²) >= 11 is 5.94. The number of halogens is 1. The van der Waals surface area contributed by atoms with E-state index in [1.165, 1.54) is 0 Å². The van der Waals surface area contributed by atoms with Crippen molar-refractivity contribution in [3.63, 3.8) is 0 Å². The lowest BCUT2D eigenvalue weighted by atomic mass is 10.2. The summed E-state index contributed by atoms with van der Waals surface area (Å²) in [6.45, 7) is 2.16. The second-order valence-corrected chi connectivity index (χ2v) is 4.52. The highest BCUT2D eigenvalue weighted by atomic mass is 35.5. The van der Waals surface area contributed by atoms with Gasteiger partial charge in [-0.3, -0.25) is 9.48 Å². The van der Waals surface area contributed by atoms with Gasteiger partial charge in [-0.05, 0) is 18.2 Å². The van der Waals surface area contributed by atoms with Crippen molar-refractivity contribution < 1.29 is 9.53 Å². The van der Waals surface area contributed by atoms with Crippen LogP contribution >= 0.6 is 11.6 Å². The van der Waals surface area contributed by atoms with E-state index < -0.39 is 0 Å². The molecule has 0 saturated heterocycles. The van der Waals surface area contributed by atoms with Crippen molar-refractivity contribution in [2.75, 3.05) is 19.8 Å². The van der Waals surface area contributed by atoms with Crippen LogP contribution in [-0.2, 0) is 11.3 Å². The molecule has 5 nitrogen and oxygen atoms in total. The van der Waals surface area contributed by atoms with Crippen molar-refractivity contribution in [1.29, 1.82) is 0 Å². The monoisotopic (exact) mass is 293 g/mol. The van der Waals surface area contributed by atoms with Crippen molar-refractivity contribution in [2.45, 2.75) is 6.54 Å². The van der Waals surface area contributed by atoms with Crippen molar-refractivity contribution in [1.82, 2.24) is 15.1 Å². The van der Waals surface area contributed by atoms with E-state index in [-0.39, 0.29) is 5.91 Å². The first kappa shape index (κ1) is 14.6. The summed E-state index contributed by atoms with van der Waals surface area (Å²) in [6.07, 6.45) is 3.60. The highest BCUT2D eigenvalue weighted by molar-refractivity contribution is 6.33. The second-order valence-electron chi connectivity index (χ2n) is 4.12. The average molecular weight is 294 g/mol. The predicted octanol–water partition coefficient (Wildman–Crippen LogP) is 1.98. The number of carbonyl (C=O) groups excluding carboxylic acids is 1.